The molecule has 29 heavy (non-hydrogen) atoms. The van der Waals surface area contributed by atoms with Crippen LogP contribution in [0.5, 0.6) is 0 Å². The van der Waals surface area contributed by atoms with Gasteiger partial charge in [-0.05, 0) is 61.7 Å². The molecule has 4 aliphatic carbocycles. The highest BCUT2D eigenvalue weighted by atomic mass is 35.5. The molecule has 0 saturated heterocycles. The zero-order chi connectivity index (χ0) is 20.8. The summed E-state index contributed by atoms with van der Waals surface area (Å²) in [6.07, 6.45) is 3.87. The molecule has 1 aromatic rings. The number of benzene rings is 1. The first-order valence-corrected chi connectivity index (χ1v) is 11.3. The van der Waals surface area contributed by atoms with Gasteiger partial charge in [-0.15, -0.1) is 0 Å². The number of rotatable bonds is 3. The molecule has 0 aromatic heterocycles. The van der Waals surface area contributed by atoms with Gasteiger partial charge in [0.25, 0.3) is 11.8 Å². The average Bonchev–Trinajstić information content (AvgIpc) is 2.88. The predicted octanol–water partition coefficient (Wildman–Crippen LogP) is 4.79. The van der Waals surface area contributed by atoms with Crippen LogP contribution < -0.4 is 0 Å². The summed E-state index contributed by atoms with van der Waals surface area (Å²) in [5.74, 6) is 0.0739. The van der Waals surface area contributed by atoms with Crippen molar-refractivity contribution in [2.75, 3.05) is 0 Å². The maximum atomic E-state index is 13.3. The molecule has 6 rings (SSSR count). The van der Waals surface area contributed by atoms with Crippen molar-refractivity contribution in [3.05, 3.63) is 31.2 Å². The second-order valence-electron chi connectivity index (χ2n) is 9.12. The lowest BCUT2D eigenvalue weighted by Crippen LogP contribution is -2.62. The van der Waals surface area contributed by atoms with Crippen molar-refractivity contribution >= 4 is 58.2 Å². The van der Waals surface area contributed by atoms with Crippen molar-refractivity contribution in [1.82, 2.24) is 4.90 Å². The number of amides is 2. The fourth-order valence-electron chi connectivity index (χ4n) is 6.88. The number of fused-ring (bicyclic) bond motifs is 1. The highest BCUT2D eigenvalue weighted by molar-refractivity contribution is 6.55. The molecule has 156 valence electrons. The van der Waals surface area contributed by atoms with Crippen molar-refractivity contribution in [2.45, 2.75) is 50.9 Å². The normalized spacial score (nSPS) is 33.8. The van der Waals surface area contributed by atoms with E-state index < -0.39 is 29.6 Å². The maximum absolute atomic E-state index is 13.3. The molecule has 1 aromatic carbocycles. The number of aliphatic hydroxyl groups excluding tert-OH is 1. The van der Waals surface area contributed by atoms with E-state index in [1.54, 1.807) is 0 Å². The van der Waals surface area contributed by atoms with Crippen LogP contribution in [-0.4, -0.2) is 39.3 Å². The Kier molecular flexibility index (Phi) is 4.71. The van der Waals surface area contributed by atoms with E-state index in [1.165, 1.54) is 0 Å². The molecule has 0 unspecified atom stereocenters. The summed E-state index contributed by atoms with van der Waals surface area (Å²) in [4.78, 5) is 27.6. The van der Waals surface area contributed by atoms with E-state index in [2.05, 4.69) is 0 Å². The van der Waals surface area contributed by atoms with E-state index >= 15 is 0 Å². The van der Waals surface area contributed by atoms with Gasteiger partial charge in [0.05, 0.1) is 37.3 Å². The van der Waals surface area contributed by atoms with Crippen LogP contribution in [0.4, 0.5) is 0 Å². The minimum atomic E-state index is -1.86. The van der Waals surface area contributed by atoms with Gasteiger partial charge in [0.2, 0.25) is 0 Å². The Bertz CT molecular complexity index is 865. The van der Waals surface area contributed by atoms with Crippen molar-refractivity contribution < 1.29 is 19.8 Å². The van der Waals surface area contributed by atoms with Crippen molar-refractivity contribution in [3.8, 4) is 0 Å². The van der Waals surface area contributed by atoms with Gasteiger partial charge in [-0.3, -0.25) is 14.5 Å². The topological polar surface area (TPSA) is 77.8 Å². The van der Waals surface area contributed by atoms with Crippen LogP contribution in [0.1, 0.15) is 59.2 Å². The lowest BCUT2D eigenvalue weighted by Gasteiger charge is -2.60. The lowest BCUT2D eigenvalue weighted by atomic mass is 9.47. The van der Waals surface area contributed by atoms with E-state index in [0.717, 1.165) is 43.4 Å². The highest BCUT2D eigenvalue weighted by Crippen LogP contribution is 2.63. The summed E-state index contributed by atoms with van der Waals surface area (Å²) in [6, 6.07) is -1.06. The fourth-order valence-corrected chi connectivity index (χ4v) is 7.90. The third kappa shape index (κ3) is 2.74. The second kappa shape index (κ2) is 6.72. The number of halogens is 4. The molecule has 1 heterocycles. The molecule has 1 aliphatic heterocycles. The van der Waals surface area contributed by atoms with Gasteiger partial charge in [-0.1, -0.05) is 46.4 Å². The van der Waals surface area contributed by atoms with Crippen LogP contribution in [0.15, 0.2) is 0 Å². The Labute approximate surface area is 187 Å². The lowest BCUT2D eigenvalue weighted by molar-refractivity contribution is -0.170. The predicted molar refractivity (Wildman–Crippen MR) is 110 cm³/mol. The Hall–Kier alpha value is -0.560. The molecule has 9 heteroatoms. The molecular formula is C20H19Cl4NO4. The largest absolute Gasteiger partial charge is 0.366 e. The molecular weight excluding hydrogens is 460 g/mol. The second-order valence-corrected chi connectivity index (χ2v) is 10.6. The van der Waals surface area contributed by atoms with Gasteiger partial charge < -0.3 is 10.2 Å². The zero-order valence-electron chi connectivity index (χ0n) is 15.3. The molecule has 2 amide bonds. The van der Waals surface area contributed by atoms with Crippen molar-refractivity contribution in [2.24, 2.45) is 23.2 Å². The minimum absolute atomic E-state index is 0.101. The Morgan fingerprint density at radius 1 is 0.759 bits per heavy atom. The van der Waals surface area contributed by atoms with Crippen LogP contribution in [-0.2, 0) is 0 Å². The van der Waals surface area contributed by atoms with Gasteiger partial charge in [-0.2, -0.15) is 0 Å². The van der Waals surface area contributed by atoms with Crippen LogP contribution >= 0.6 is 46.4 Å². The van der Waals surface area contributed by atoms with E-state index in [4.69, 9.17) is 46.4 Å². The summed E-state index contributed by atoms with van der Waals surface area (Å²) in [6.45, 7) is 0. The Morgan fingerprint density at radius 2 is 1.14 bits per heavy atom. The maximum Gasteiger partial charge on any atom is 0.263 e. The molecule has 0 spiro atoms. The first kappa shape index (κ1) is 20.3. The van der Waals surface area contributed by atoms with Gasteiger partial charge >= 0.3 is 0 Å². The standard InChI is InChI=1S/C20H19Cl4NO4/c21-12-10-11(13(22)15(24)14(12)23)18(27)25(17(10)26)16(19(28)29)20-4-7-1-8(5-20)3-9(2-7)6-20/h7-9,16,19,28-29H,1-6H2/t7?,8?,9?,16-,20?/m0/s1. The van der Waals surface area contributed by atoms with Crippen LogP contribution in [0.2, 0.25) is 20.1 Å². The Morgan fingerprint density at radius 3 is 1.48 bits per heavy atom. The number of imide groups is 1. The van der Waals surface area contributed by atoms with Crippen LogP contribution in [0, 0.1) is 23.2 Å². The van der Waals surface area contributed by atoms with Crippen LogP contribution in [0.25, 0.3) is 0 Å². The van der Waals surface area contributed by atoms with E-state index in [1.807, 2.05) is 0 Å². The number of carbonyl (C=O) groups excluding carboxylic acids is 2. The summed E-state index contributed by atoms with van der Waals surface area (Å²) >= 11 is 24.7. The monoisotopic (exact) mass is 477 g/mol. The molecule has 5 aliphatic rings. The molecule has 5 nitrogen and oxygen atoms in total. The molecule has 4 fully saturated rings. The van der Waals surface area contributed by atoms with Crippen molar-refractivity contribution in [1.29, 1.82) is 0 Å². The van der Waals surface area contributed by atoms with Gasteiger partial charge in [0.15, 0.2) is 6.29 Å². The van der Waals surface area contributed by atoms with E-state index in [9.17, 15) is 19.8 Å². The number of hydrogen-bond donors (Lipinski definition) is 2. The summed E-state index contributed by atoms with van der Waals surface area (Å²) in [5, 5.41) is 20.3. The molecule has 0 radical (unpaired) electrons. The fraction of sp³-hybridized carbons (Fsp3) is 0.600. The smallest absolute Gasteiger partial charge is 0.263 e. The van der Waals surface area contributed by atoms with Gasteiger partial charge in [0, 0.05) is 0 Å². The zero-order valence-corrected chi connectivity index (χ0v) is 18.3. The summed E-state index contributed by atoms with van der Waals surface area (Å²) in [7, 11) is 0. The minimum Gasteiger partial charge on any atom is -0.366 e. The number of carbonyl (C=O) groups is 2. The number of hydrogen-bond acceptors (Lipinski definition) is 4. The summed E-state index contributed by atoms with van der Waals surface area (Å²) < 4.78 is 0. The first-order chi connectivity index (χ1) is 13.6. The third-order valence-corrected chi connectivity index (χ3v) is 9.21. The number of nitrogens with zero attached hydrogens (tertiary/aromatic N) is 1. The summed E-state index contributed by atoms with van der Waals surface area (Å²) in [5.41, 5.74) is -0.749. The van der Waals surface area contributed by atoms with Crippen LogP contribution in [0.3, 0.4) is 0 Å². The third-order valence-electron chi connectivity index (χ3n) is 7.41. The van der Waals surface area contributed by atoms with E-state index in [0.29, 0.717) is 17.8 Å². The van der Waals surface area contributed by atoms with Gasteiger partial charge in [-0.25, -0.2) is 0 Å². The molecule has 1 atom stereocenters. The molecule has 4 bridgehead atoms. The first-order valence-electron chi connectivity index (χ1n) is 9.74. The molecule has 2 N–H and O–H groups in total. The highest BCUT2D eigenvalue weighted by Gasteiger charge is 2.60. The quantitative estimate of drug-likeness (QED) is 0.283. The molecule has 4 saturated carbocycles. The Balaban J connectivity index is 1.62. The van der Waals surface area contributed by atoms with Gasteiger partial charge in [0.1, 0.15) is 0 Å². The van der Waals surface area contributed by atoms with Crippen molar-refractivity contribution in [3.63, 3.8) is 0 Å². The average molecular weight is 479 g/mol. The van der Waals surface area contributed by atoms with E-state index in [-0.39, 0.29) is 31.2 Å². The number of aliphatic hydroxyl groups is 2. The SMILES string of the molecule is O=C1c2c(Cl)c(Cl)c(Cl)c(Cl)c2C(=O)N1[C@@H](C(O)O)C12CC3CC(CC(C3)C1)C2.